The van der Waals surface area contributed by atoms with Gasteiger partial charge in [0.2, 0.25) is 10.0 Å². The van der Waals surface area contributed by atoms with Crippen molar-refractivity contribution < 1.29 is 8.42 Å². The Morgan fingerprint density at radius 3 is 2.52 bits per heavy atom. The van der Waals surface area contributed by atoms with Gasteiger partial charge in [0.1, 0.15) is 5.82 Å². The van der Waals surface area contributed by atoms with Crippen molar-refractivity contribution in [3.8, 4) is 0 Å². The number of rotatable bonds is 9. The van der Waals surface area contributed by atoms with Crippen molar-refractivity contribution in [3.05, 3.63) is 18.3 Å². The van der Waals surface area contributed by atoms with Crippen molar-refractivity contribution in [2.45, 2.75) is 38.6 Å². The lowest BCUT2D eigenvalue weighted by molar-refractivity contribution is 0.282. The number of pyridine rings is 1. The van der Waals surface area contributed by atoms with E-state index < -0.39 is 10.0 Å². The fourth-order valence-electron chi connectivity index (χ4n) is 2.10. The molecule has 0 aromatic carbocycles. The summed E-state index contributed by atoms with van der Waals surface area (Å²) in [5.74, 6) is 0.566. The van der Waals surface area contributed by atoms with Gasteiger partial charge in [0.15, 0.2) is 0 Å². The topological polar surface area (TPSA) is 74.3 Å². The van der Waals surface area contributed by atoms with Crippen LogP contribution >= 0.6 is 0 Å². The second-order valence-electron chi connectivity index (χ2n) is 4.92. The number of aromatic nitrogens is 1. The molecule has 7 heteroatoms. The van der Waals surface area contributed by atoms with Crippen molar-refractivity contribution >= 4 is 15.8 Å². The highest BCUT2D eigenvalue weighted by Crippen LogP contribution is 2.13. The lowest BCUT2D eigenvalue weighted by Crippen LogP contribution is -2.41. The third-order valence-electron chi connectivity index (χ3n) is 3.18. The minimum absolute atomic E-state index is 0.148. The zero-order valence-corrected chi connectivity index (χ0v) is 14.1. The minimum atomic E-state index is -3.52. The minimum Gasteiger partial charge on any atom is -0.370 e. The average Bonchev–Trinajstić information content (AvgIpc) is 2.45. The first-order valence-corrected chi connectivity index (χ1v) is 8.85. The molecule has 1 rings (SSSR count). The number of likely N-dealkylation sites (N-methyl/N-ethyl adjacent to an activating group) is 1. The number of nitrogens with zero attached hydrogens (tertiary/aromatic N) is 2. The summed E-state index contributed by atoms with van der Waals surface area (Å²) in [7, 11) is -3.52. The van der Waals surface area contributed by atoms with Crippen LogP contribution in [-0.2, 0) is 10.0 Å². The molecule has 0 aliphatic rings. The third-order valence-corrected chi connectivity index (χ3v) is 4.77. The summed E-state index contributed by atoms with van der Waals surface area (Å²) in [6.07, 6.45) is 1.50. The Labute approximate surface area is 128 Å². The molecule has 1 heterocycles. The fourth-order valence-corrected chi connectivity index (χ4v) is 3.34. The van der Waals surface area contributed by atoms with Crippen LogP contribution in [0.2, 0.25) is 0 Å². The van der Waals surface area contributed by atoms with Crippen molar-refractivity contribution in [1.29, 1.82) is 0 Å². The maximum absolute atomic E-state index is 12.4. The van der Waals surface area contributed by atoms with Crippen molar-refractivity contribution in [2.24, 2.45) is 0 Å². The van der Waals surface area contributed by atoms with Crippen LogP contribution in [0.3, 0.4) is 0 Å². The summed E-state index contributed by atoms with van der Waals surface area (Å²) in [6, 6.07) is 2.91. The van der Waals surface area contributed by atoms with E-state index in [1.54, 1.807) is 6.07 Å². The van der Waals surface area contributed by atoms with E-state index >= 15 is 0 Å². The molecule has 0 saturated heterocycles. The highest BCUT2D eigenvalue weighted by atomic mass is 32.2. The second kappa shape index (κ2) is 8.31. The van der Waals surface area contributed by atoms with Crippen LogP contribution in [0.15, 0.2) is 23.2 Å². The van der Waals surface area contributed by atoms with Gasteiger partial charge in [-0.15, -0.1) is 0 Å². The summed E-state index contributed by atoms with van der Waals surface area (Å²) < 4.78 is 27.5. The molecule has 0 bridgehead atoms. The number of hydrogen-bond acceptors (Lipinski definition) is 5. The van der Waals surface area contributed by atoms with Crippen LogP contribution < -0.4 is 10.0 Å². The first-order valence-electron chi connectivity index (χ1n) is 7.37. The number of anilines is 1. The third kappa shape index (κ3) is 5.61. The molecule has 0 radical (unpaired) electrons. The lowest BCUT2D eigenvalue weighted by atomic mass is 10.3. The molecular weight excluding hydrogens is 288 g/mol. The smallest absolute Gasteiger partial charge is 0.241 e. The van der Waals surface area contributed by atoms with Gasteiger partial charge in [-0.05, 0) is 33.0 Å². The van der Waals surface area contributed by atoms with Crippen LogP contribution in [0.5, 0.6) is 0 Å². The van der Waals surface area contributed by atoms with Gasteiger partial charge in [-0.1, -0.05) is 13.8 Å². The van der Waals surface area contributed by atoms with E-state index in [1.165, 1.54) is 12.3 Å². The highest BCUT2D eigenvalue weighted by molar-refractivity contribution is 7.89. The largest absolute Gasteiger partial charge is 0.370 e. The van der Waals surface area contributed by atoms with Gasteiger partial charge >= 0.3 is 0 Å². The molecule has 0 spiro atoms. The Balaban J connectivity index is 2.79. The SMILES string of the molecule is CCNc1cc(S(=O)(=O)NC(C)CN(CC)CC)ccn1. The standard InChI is InChI=1S/C14H26N4O2S/c1-5-15-14-10-13(8-9-16-14)21(19,20)17-12(4)11-18(6-2)7-3/h8-10,12,17H,5-7,11H2,1-4H3,(H,15,16). The molecule has 0 saturated carbocycles. The zero-order valence-electron chi connectivity index (χ0n) is 13.3. The summed E-state index contributed by atoms with van der Waals surface area (Å²) in [5.41, 5.74) is 0. The van der Waals surface area contributed by atoms with Gasteiger partial charge in [-0.2, -0.15) is 0 Å². The van der Waals surface area contributed by atoms with Gasteiger partial charge in [0, 0.05) is 31.4 Å². The summed E-state index contributed by atoms with van der Waals surface area (Å²) in [6.45, 7) is 11.1. The fraction of sp³-hybridized carbons (Fsp3) is 0.643. The highest BCUT2D eigenvalue weighted by Gasteiger charge is 2.19. The van der Waals surface area contributed by atoms with Crippen LogP contribution in [0.4, 0.5) is 5.82 Å². The number of hydrogen-bond donors (Lipinski definition) is 2. The quantitative estimate of drug-likeness (QED) is 0.723. The predicted molar refractivity (Wildman–Crippen MR) is 86.0 cm³/mol. The summed E-state index contributed by atoms with van der Waals surface area (Å²) >= 11 is 0. The van der Waals surface area contributed by atoms with E-state index in [-0.39, 0.29) is 10.9 Å². The molecule has 0 amide bonds. The molecule has 120 valence electrons. The molecule has 21 heavy (non-hydrogen) atoms. The van der Waals surface area contributed by atoms with Gasteiger partial charge in [0.05, 0.1) is 4.90 Å². The number of nitrogens with one attached hydrogen (secondary N) is 2. The Bertz CT molecular complexity index is 530. The van der Waals surface area contributed by atoms with E-state index in [0.717, 1.165) is 13.1 Å². The monoisotopic (exact) mass is 314 g/mol. The van der Waals surface area contributed by atoms with Crippen LogP contribution in [-0.4, -0.2) is 50.5 Å². The molecule has 1 unspecified atom stereocenters. The van der Waals surface area contributed by atoms with Crippen LogP contribution in [0.1, 0.15) is 27.7 Å². The van der Waals surface area contributed by atoms with Crippen molar-refractivity contribution in [3.63, 3.8) is 0 Å². The molecule has 1 aromatic rings. The molecular formula is C14H26N4O2S. The Kier molecular flexibility index (Phi) is 7.07. The van der Waals surface area contributed by atoms with Crippen LogP contribution in [0, 0.1) is 0 Å². The van der Waals surface area contributed by atoms with E-state index in [2.05, 4.69) is 33.8 Å². The van der Waals surface area contributed by atoms with E-state index in [0.29, 0.717) is 18.9 Å². The number of sulfonamides is 1. The second-order valence-corrected chi connectivity index (χ2v) is 6.63. The predicted octanol–water partition coefficient (Wildman–Crippen LogP) is 1.52. The molecule has 1 atom stereocenters. The molecule has 0 aliphatic carbocycles. The lowest BCUT2D eigenvalue weighted by Gasteiger charge is -2.23. The Morgan fingerprint density at radius 2 is 1.95 bits per heavy atom. The Hall–Kier alpha value is -1.18. The van der Waals surface area contributed by atoms with E-state index in [9.17, 15) is 8.42 Å². The average molecular weight is 314 g/mol. The summed E-state index contributed by atoms with van der Waals surface area (Å²) in [5, 5.41) is 3.01. The first kappa shape index (κ1) is 17.9. The zero-order chi connectivity index (χ0) is 15.9. The van der Waals surface area contributed by atoms with Gasteiger partial charge in [0.25, 0.3) is 0 Å². The van der Waals surface area contributed by atoms with Gasteiger partial charge in [-0.3, -0.25) is 0 Å². The maximum atomic E-state index is 12.4. The molecule has 0 aliphatic heterocycles. The molecule has 0 fully saturated rings. The van der Waals surface area contributed by atoms with Crippen molar-refractivity contribution in [2.75, 3.05) is 31.5 Å². The van der Waals surface area contributed by atoms with Gasteiger partial charge < -0.3 is 10.2 Å². The normalized spacial score (nSPS) is 13.4. The Morgan fingerprint density at radius 1 is 1.29 bits per heavy atom. The molecule has 2 N–H and O–H groups in total. The van der Waals surface area contributed by atoms with E-state index in [1.807, 2.05) is 13.8 Å². The van der Waals surface area contributed by atoms with Crippen molar-refractivity contribution in [1.82, 2.24) is 14.6 Å². The molecule has 1 aromatic heterocycles. The first-order chi connectivity index (χ1) is 9.92. The van der Waals surface area contributed by atoms with Crippen LogP contribution in [0.25, 0.3) is 0 Å². The summed E-state index contributed by atoms with van der Waals surface area (Å²) in [4.78, 5) is 6.51. The molecule has 6 nitrogen and oxygen atoms in total. The van der Waals surface area contributed by atoms with E-state index in [4.69, 9.17) is 0 Å². The van der Waals surface area contributed by atoms with Gasteiger partial charge in [-0.25, -0.2) is 18.1 Å². The maximum Gasteiger partial charge on any atom is 0.241 e.